The minimum absolute atomic E-state index is 0.0808. The van der Waals surface area contributed by atoms with Crippen molar-refractivity contribution in [1.29, 1.82) is 0 Å². The number of hydrogen-bond acceptors (Lipinski definition) is 5. The van der Waals surface area contributed by atoms with Crippen LogP contribution < -0.4 is 5.32 Å². The molecule has 0 fully saturated rings. The molecule has 0 spiro atoms. The second-order valence-corrected chi connectivity index (χ2v) is 4.65. The van der Waals surface area contributed by atoms with E-state index >= 15 is 0 Å². The van der Waals surface area contributed by atoms with E-state index in [0.29, 0.717) is 12.2 Å². The highest BCUT2D eigenvalue weighted by atomic mass is 16.6. The number of carbonyl (C=O) groups is 1. The number of nitrogens with one attached hydrogen (secondary N) is 1. The Balaban J connectivity index is 2.74. The lowest BCUT2D eigenvalue weighted by molar-refractivity contribution is -0.384. The van der Waals surface area contributed by atoms with Gasteiger partial charge in [-0.25, -0.2) is 4.79 Å². The van der Waals surface area contributed by atoms with Gasteiger partial charge in [-0.3, -0.25) is 10.1 Å². The van der Waals surface area contributed by atoms with Crippen molar-refractivity contribution in [1.82, 2.24) is 4.90 Å². The largest absolute Gasteiger partial charge is 0.478 e. The van der Waals surface area contributed by atoms with Crippen molar-refractivity contribution >= 4 is 17.3 Å². The van der Waals surface area contributed by atoms with Gasteiger partial charge in [0.15, 0.2) is 0 Å². The smallest absolute Gasteiger partial charge is 0.338 e. The lowest BCUT2D eigenvalue weighted by Crippen LogP contribution is -2.29. The van der Waals surface area contributed by atoms with Crippen LogP contribution >= 0.6 is 0 Å². The Morgan fingerprint density at radius 3 is 2.62 bits per heavy atom. The Morgan fingerprint density at radius 2 is 2.10 bits per heavy atom. The zero-order valence-corrected chi connectivity index (χ0v) is 12.3. The van der Waals surface area contributed by atoms with Gasteiger partial charge >= 0.3 is 5.97 Å². The molecule has 0 unspecified atom stereocenters. The Kier molecular flexibility index (Phi) is 6.61. The molecule has 0 aliphatic heterocycles. The normalized spacial score (nSPS) is 10.6. The average molecular weight is 295 g/mol. The maximum absolute atomic E-state index is 11.2. The Hall–Kier alpha value is -2.15. The molecule has 7 heteroatoms. The number of rotatable bonds is 9. The van der Waals surface area contributed by atoms with Crippen LogP contribution in [0.1, 0.15) is 30.6 Å². The first-order valence-electron chi connectivity index (χ1n) is 6.97. The topological polar surface area (TPSA) is 95.7 Å². The van der Waals surface area contributed by atoms with Crippen LogP contribution in [-0.4, -0.2) is 47.1 Å². The van der Waals surface area contributed by atoms with Gasteiger partial charge in [0.2, 0.25) is 0 Å². The van der Waals surface area contributed by atoms with E-state index in [1.54, 1.807) is 0 Å². The first kappa shape index (κ1) is 16.9. The van der Waals surface area contributed by atoms with Crippen LogP contribution in [0.3, 0.4) is 0 Å². The molecule has 0 bridgehead atoms. The van der Waals surface area contributed by atoms with Gasteiger partial charge in [0.05, 0.1) is 10.5 Å². The van der Waals surface area contributed by atoms with E-state index in [-0.39, 0.29) is 11.3 Å². The number of non-ortho nitro benzene ring substituents is 1. The fraction of sp³-hybridized carbons (Fsp3) is 0.500. The van der Waals surface area contributed by atoms with E-state index in [1.165, 1.54) is 12.1 Å². The summed E-state index contributed by atoms with van der Waals surface area (Å²) in [5.74, 6) is -1.18. The Labute approximate surface area is 123 Å². The maximum atomic E-state index is 11.2. The number of anilines is 1. The van der Waals surface area contributed by atoms with Crippen LogP contribution in [-0.2, 0) is 0 Å². The number of likely N-dealkylation sites (N-methyl/N-ethyl adjacent to an activating group) is 1. The maximum Gasteiger partial charge on any atom is 0.338 e. The number of aromatic carboxylic acids is 1. The number of carboxylic acids is 1. The number of nitro benzene ring substituents is 1. The van der Waals surface area contributed by atoms with Crippen molar-refractivity contribution in [3.63, 3.8) is 0 Å². The van der Waals surface area contributed by atoms with Gasteiger partial charge in [-0.2, -0.15) is 0 Å². The van der Waals surface area contributed by atoms with E-state index in [4.69, 9.17) is 5.11 Å². The molecule has 0 aromatic heterocycles. The standard InChI is InChI=1S/C14H21N3O4/c1-3-8-16(4-2)9-7-15-13-6-5-11(17(20)21)10-12(13)14(18)19/h5-6,10,15H,3-4,7-9H2,1-2H3,(H,18,19). The lowest BCUT2D eigenvalue weighted by Gasteiger charge is -2.20. The van der Waals surface area contributed by atoms with Gasteiger partial charge in [-0.15, -0.1) is 0 Å². The van der Waals surface area contributed by atoms with E-state index in [0.717, 1.165) is 32.1 Å². The van der Waals surface area contributed by atoms with Crippen molar-refractivity contribution in [2.75, 3.05) is 31.5 Å². The molecule has 0 atom stereocenters. The van der Waals surface area contributed by atoms with E-state index in [1.807, 2.05) is 0 Å². The highest BCUT2D eigenvalue weighted by Gasteiger charge is 2.15. The van der Waals surface area contributed by atoms with Gasteiger partial charge in [-0.05, 0) is 25.6 Å². The summed E-state index contributed by atoms with van der Waals surface area (Å²) in [5.41, 5.74) is 0.0995. The third-order valence-corrected chi connectivity index (χ3v) is 3.17. The SMILES string of the molecule is CCCN(CC)CCNc1ccc([N+](=O)[O-])cc1C(=O)O. The molecule has 1 aromatic carbocycles. The molecule has 1 rings (SSSR count). The summed E-state index contributed by atoms with van der Waals surface area (Å²) in [4.78, 5) is 23.5. The molecule has 1 aromatic rings. The lowest BCUT2D eigenvalue weighted by atomic mass is 10.1. The van der Waals surface area contributed by atoms with Crippen LogP contribution in [0.15, 0.2) is 18.2 Å². The summed E-state index contributed by atoms with van der Waals surface area (Å²) in [6, 6.07) is 3.82. The molecule has 0 aliphatic carbocycles. The van der Waals surface area contributed by atoms with Crippen LogP contribution in [0.25, 0.3) is 0 Å². The van der Waals surface area contributed by atoms with Crippen LogP contribution in [0.4, 0.5) is 11.4 Å². The average Bonchev–Trinajstić information content (AvgIpc) is 2.46. The first-order valence-corrected chi connectivity index (χ1v) is 6.97. The molecule has 0 aliphatic rings. The Morgan fingerprint density at radius 1 is 1.38 bits per heavy atom. The molecule has 0 amide bonds. The predicted molar refractivity (Wildman–Crippen MR) is 81.0 cm³/mol. The second-order valence-electron chi connectivity index (χ2n) is 4.65. The summed E-state index contributed by atoms with van der Waals surface area (Å²) in [6.07, 6.45) is 1.06. The monoisotopic (exact) mass is 295 g/mol. The number of nitro groups is 1. The summed E-state index contributed by atoms with van der Waals surface area (Å²) in [5, 5.41) is 22.9. The molecule has 21 heavy (non-hydrogen) atoms. The molecule has 2 N–H and O–H groups in total. The highest BCUT2D eigenvalue weighted by molar-refractivity contribution is 5.95. The Bertz CT molecular complexity index is 505. The molecule has 116 valence electrons. The zero-order valence-electron chi connectivity index (χ0n) is 12.3. The van der Waals surface area contributed by atoms with Gasteiger partial charge in [0.1, 0.15) is 0 Å². The third kappa shape index (κ3) is 5.03. The fourth-order valence-electron chi connectivity index (χ4n) is 2.07. The van der Waals surface area contributed by atoms with Crippen LogP contribution in [0.2, 0.25) is 0 Å². The predicted octanol–water partition coefficient (Wildman–Crippen LogP) is 2.44. The fourth-order valence-corrected chi connectivity index (χ4v) is 2.07. The molecule has 0 radical (unpaired) electrons. The van der Waals surface area contributed by atoms with E-state index < -0.39 is 10.9 Å². The van der Waals surface area contributed by atoms with Crippen molar-refractivity contribution in [2.24, 2.45) is 0 Å². The van der Waals surface area contributed by atoms with E-state index in [9.17, 15) is 14.9 Å². The summed E-state index contributed by atoms with van der Waals surface area (Å²) in [6.45, 7) is 7.48. The molecular formula is C14H21N3O4. The van der Waals surface area contributed by atoms with Crippen molar-refractivity contribution in [3.05, 3.63) is 33.9 Å². The van der Waals surface area contributed by atoms with Crippen molar-refractivity contribution in [3.8, 4) is 0 Å². The minimum atomic E-state index is -1.18. The number of carboxylic acid groups (broad SMARTS) is 1. The highest BCUT2D eigenvalue weighted by Crippen LogP contribution is 2.22. The van der Waals surface area contributed by atoms with Crippen LogP contribution in [0, 0.1) is 10.1 Å². The van der Waals surface area contributed by atoms with Gasteiger partial charge in [0.25, 0.3) is 5.69 Å². The summed E-state index contributed by atoms with van der Waals surface area (Å²) < 4.78 is 0. The molecule has 0 heterocycles. The summed E-state index contributed by atoms with van der Waals surface area (Å²) in [7, 11) is 0. The molecule has 7 nitrogen and oxygen atoms in total. The number of hydrogen-bond donors (Lipinski definition) is 2. The number of benzene rings is 1. The zero-order chi connectivity index (χ0) is 15.8. The van der Waals surface area contributed by atoms with Crippen molar-refractivity contribution in [2.45, 2.75) is 20.3 Å². The van der Waals surface area contributed by atoms with Gasteiger partial charge in [0, 0.05) is 30.9 Å². The second kappa shape index (κ2) is 8.21. The van der Waals surface area contributed by atoms with Crippen LogP contribution in [0.5, 0.6) is 0 Å². The third-order valence-electron chi connectivity index (χ3n) is 3.17. The minimum Gasteiger partial charge on any atom is -0.478 e. The number of nitrogens with zero attached hydrogens (tertiary/aromatic N) is 2. The van der Waals surface area contributed by atoms with Crippen molar-refractivity contribution < 1.29 is 14.8 Å². The molecule has 0 saturated carbocycles. The molecular weight excluding hydrogens is 274 g/mol. The summed E-state index contributed by atoms with van der Waals surface area (Å²) >= 11 is 0. The first-order chi connectivity index (χ1) is 9.99. The van der Waals surface area contributed by atoms with E-state index in [2.05, 4.69) is 24.1 Å². The van der Waals surface area contributed by atoms with Gasteiger partial charge in [-0.1, -0.05) is 13.8 Å². The molecule has 0 saturated heterocycles. The quantitative estimate of drug-likeness (QED) is 0.536. The van der Waals surface area contributed by atoms with Gasteiger partial charge < -0.3 is 15.3 Å².